The highest BCUT2D eigenvalue weighted by molar-refractivity contribution is 5.97. The molecule has 0 aliphatic heterocycles. The van der Waals surface area contributed by atoms with Crippen molar-refractivity contribution < 1.29 is 19.4 Å². The maximum absolute atomic E-state index is 13.9. The molecule has 6 heterocycles. The number of pyridine rings is 6. The van der Waals surface area contributed by atoms with Crippen molar-refractivity contribution in [1.29, 1.82) is 0 Å². The number of aromatic nitrogens is 6. The Bertz CT molecular complexity index is 2340. The molecule has 13 nitrogen and oxygen atoms in total. The van der Waals surface area contributed by atoms with Gasteiger partial charge in [0.15, 0.2) is 0 Å². The third kappa shape index (κ3) is 12.2. The molecule has 0 unspecified atom stereocenters. The molecule has 7 rings (SSSR count). The van der Waals surface area contributed by atoms with Crippen LogP contribution in [-0.4, -0.2) is 69.3 Å². The molecule has 0 spiro atoms. The first-order chi connectivity index (χ1) is 30.3. The average molecular weight is 828 g/mol. The van der Waals surface area contributed by atoms with Crippen molar-refractivity contribution in [3.63, 3.8) is 0 Å². The number of rotatable bonds is 19. The minimum Gasteiger partial charge on any atom is -0.507 e. The summed E-state index contributed by atoms with van der Waals surface area (Å²) in [6.07, 6.45) is 10.4. The predicted octanol–water partition coefficient (Wildman–Crippen LogP) is 7.05. The number of phenols is 1. The SMILES string of the molecule is CCOC(=O)[C@H](Cc1cc(CN(Cc2ccccn2)Cc2ccccn2)c(O)c(CN(Cc2ccccn2)Cc2ccccn2)c1)NC(=O)c1ccnc(-c2cc(C)ccn2)c1. The van der Waals surface area contributed by atoms with E-state index in [9.17, 15) is 14.7 Å². The molecule has 62 heavy (non-hydrogen) atoms. The standard InChI is InChI=1S/C49H49N9O4/c1-3-62-49(61)46(56-48(60)37-17-23-55-45(28-37)44-24-35(2)16-22-54-44)27-36-25-38(29-57(31-40-12-4-8-18-50-40)32-41-13-5-9-19-51-41)47(59)39(26-36)30-58(33-42-14-6-10-20-52-42)34-43-15-7-11-21-53-43/h4-26,28,46,59H,3,27,29-34H2,1-2H3,(H,56,60)/t46-/m0/s1. The fourth-order valence-electron chi connectivity index (χ4n) is 7.19. The Morgan fingerprint density at radius 2 is 1.06 bits per heavy atom. The molecule has 0 aliphatic carbocycles. The highest BCUT2D eigenvalue weighted by atomic mass is 16.5. The number of esters is 1. The van der Waals surface area contributed by atoms with Crippen molar-refractivity contribution >= 4 is 11.9 Å². The predicted molar refractivity (Wildman–Crippen MR) is 235 cm³/mol. The van der Waals surface area contributed by atoms with E-state index >= 15 is 0 Å². The molecule has 0 aliphatic rings. The van der Waals surface area contributed by atoms with Gasteiger partial charge in [0.1, 0.15) is 11.8 Å². The van der Waals surface area contributed by atoms with Crippen molar-refractivity contribution in [3.8, 4) is 17.1 Å². The van der Waals surface area contributed by atoms with Gasteiger partial charge in [-0.15, -0.1) is 0 Å². The summed E-state index contributed by atoms with van der Waals surface area (Å²) in [6, 6.07) is 33.0. The highest BCUT2D eigenvalue weighted by Crippen LogP contribution is 2.30. The van der Waals surface area contributed by atoms with Crippen LogP contribution in [0.5, 0.6) is 5.75 Å². The number of hydrogen-bond donors (Lipinski definition) is 2. The lowest BCUT2D eigenvalue weighted by molar-refractivity contribution is -0.145. The van der Waals surface area contributed by atoms with Gasteiger partial charge in [-0.3, -0.25) is 44.5 Å². The summed E-state index contributed by atoms with van der Waals surface area (Å²) in [6.45, 7) is 6.39. The third-order valence-corrected chi connectivity index (χ3v) is 10.1. The van der Waals surface area contributed by atoms with E-state index in [1.54, 1.807) is 56.2 Å². The van der Waals surface area contributed by atoms with Crippen LogP contribution in [0, 0.1) is 6.92 Å². The van der Waals surface area contributed by atoms with Gasteiger partial charge < -0.3 is 15.2 Å². The fraction of sp³-hybridized carbons (Fsp3) is 0.224. The van der Waals surface area contributed by atoms with Crippen LogP contribution in [0.4, 0.5) is 0 Å². The van der Waals surface area contributed by atoms with E-state index in [2.05, 4.69) is 45.0 Å². The Kier molecular flexibility index (Phi) is 14.8. The number of carbonyl (C=O) groups is 2. The Morgan fingerprint density at radius 3 is 1.50 bits per heavy atom. The van der Waals surface area contributed by atoms with E-state index in [0.717, 1.165) is 33.9 Å². The van der Waals surface area contributed by atoms with Gasteiger partial charge in [0, 0.05) is 99.6 Å². The number of nitrogens with one attached hydrogen (secondary N) is 1. The van der Waals surface area contributed by atoms with Gasteiger partial charge in [-0.2, -0.15) is 0 Å². The first-order valence-corrected chi connectivity index (χ1v) is 20.5. The minimum atomic E-state index is -1.06. The largest absolute Gasteiger partial charge is 0.507 e. The molecule has 0 fully saturated rings. The number of carbonyl (C=O) groups excluding carboxylic acids is 2. The number of hydrogen-bond acceptors (Lipinski definition) is 12. The van der Waals surface area contributed by atoms with E-state index in [1.807, 2.05) is 104 Å². The van der Waals surface area contributed by atoms with E-state index in [4.69, 9.17) is 4.74 Å². The monoisotopic (exact) mass is 827 g/mol. The average Bonchev–Trinajstić information content (AvgIpc) is 3.29. The van der Waals surface area contributed by atoms with Crippen LogP contribution in [0.1, 0.15) is 62.3 Å². The summed E-state index contributed by atoms with van der Waals surface area (Å²) in [5.41, 5.74) is 7.92. The summed E-state index contributed by atoms with van der Waals surface area (Å²) in [5, 5.41) is 15.2. The molecule has 1 atom stereocenters. The van der Waals surface area contributed by atoms with Crippen molar-refractivity contribution in [2.45, 2.75) is 65.6 Å². The molecule has 0 radical (unpaired) electrons. The van der Waals surface area contributed by atoms with E-state index in [0.29, 0.717) is 67.3 Å². The molecule has 0 saturated carbocycles. The van der Waals surface area contributed by atoms with Gasteiger partial charge in [-0.05, 0) is 97.8 Å². The van der Waals surface area contributed by atoms with Crippen LogP contribution < -0.4 is 5.32 Å². The Morgan fingerprint density at radius 1 is 0.597 bits per heavy atom. The molecule has 0 saturated heterocycles. The van der Waals surface area contributed by atoms with Gasteiger partial charge in [-0.25, -0.2) is 4.79 Å². The van der Waals surface area contributed by atoms with Crippen LogP contribution in [0.25, 0.3) is 11.4 Å². The molecule has 1 amide bonds. The van der Waals surface area contributed by atoms with Gasteiger partial charge >= 0.3 is 5.97 Å². The summed E-state index contributed by atoms with van der Waals surface area (Å²) in [5.74, 6) is -0.920. The second-order valence-electron chi connectivity index (χ2n) is 15.0. The summed E-state index contributed by atoms with van der Waals surface area (Å²) < 4.78 is 5.53. The lowest BCUT2D eigenvalue weighted by atomic mass is 9.97. The minimum absolute atomic E-state index is 0.0865. The molecule has 7 aromatic rings. The second kappa shape index (κ2) is 21.3. The lowest BCUT2D eigenvalue weighted by Crippen LogP contribution is -2.43. The van der Waals surface area contributed by atoms with Crippen LogP contribution in [-0.2, 0) is 55.2 Å². The fourth-order valence-corrected chi connectivity index (χ4v) is 7.19. The maximum atomic E-state index is 13.9. The number of benzene rings is 1. The molecule has 314 valence electrons. The zero-order chi connectivity index (χ0) is 43.1. The molecule has 6 aromatic heterocycles. The summed E-state index contributed by atoms with van der Waals surface area (Å²) in [7, 11) is 0. The number of amides is 1. The Balaban J connectivity index is 1.24. The molecule has 0 bridgehead atoms. The van der Waals surface area contributed by atoms with Crippen molar-refractivity contribution in [2.75, 3.05) is 6.61 Å². The molecule has 13 heteroatoms. The zero-order valence-corrected chi connectivity index (χ0v) is 34.8. The quantitative estimate of drug-likeness (QED) is 0.0802. The topological polar surface area (TPSA) is 159 Å². The summed E-state index contributed by atoms with van der Waals surface area (Å²) >= 11 is 0. The highest BCUT2D eigenvalue weighted by Gasteiger charge is 2.26. The Labute approximate surface area is 361 Å². The van der Waals surface area contributed by atoms with Crippen molar-refractivity contribution in [1.82, 2.24) is 45.0 Å². The third-order valence-electron chi connectivity index (χ3n) is 10.1. The first-order valence-electron chi connectivity index (χ1n) is 20.5. The van der Waals surface area contributed by atoms with E-state index in [1.165, 1.54) is 0 Å². The van der Waals surface area contributed by atoms with Gasteiger partial charge in [0.05, 0.1) is 40.8 Å². The molecular formula is C49H49N9O4. The van der Waals surface area contributed by atoms with Crippen molar-refractivity contribution in [3.05, 3.63) is 197 Å². The summed E-state index contributed by atoms with van der Waals surface area (Å²) in [4.78, 5) is 59.2. The number of aromatic hydroxyl groups is 1. The number of nitrogens with zero attached hydrogens (tertiary/aromatic N) is 8. The smallest absolute Gasteiger partial charge is 0.328 e. The molecule has 2 N–H and O–H groups in total. The first kappa shape index (κ1) is 42.9. The number of ether oxygens (including phenoxy) is 1. The molecular weight excluding hydrogens is 779 g/mol. The number of phenolic OH excluding ortho intramolecular Hbond substituents is 1. The Hall–Kier alpha value is -7.22. The van der Waals surface area contributed by atoms with Crippen molar-refractivity contribution in [2.24, 2.45) is 0 Å². The van der Waals surface area contributed by atoms with Crippen LogP contribution in [0.3, 0.4) is 0 Å². The van der Waals surface area contributed by atoms with Crippen LogP contribution >= 0.6 is 0 Å². The van der Waals surface area contributed by atoms with E-state index in [-0.39, 0.29) is 18.8 Å². The van der Waals surface area contributed by atoms with E-state index < -0.39 is 17.9 Å². The zero-order valence-electron chi connectivity index (χ0n) is 34.8. The molecule has 1 aromatic carbocycles. The van der Waals surface area contributed by atoms with Crippen LogP contribution in [0.15, 0.2) is 146 Å². The lowest BCUT2D eigenvalue weighted by Gasteiger charge is -2.26. The van der Waals surface area contributed by atoms with Crippen LogP contribution in [0.2, 0.25) is 0 Å². The normalized spacial score (nSPS) is 11.7. The van der Waals surface area contributed by atoms with Gasteiger partial charge in [0.2, 0.25) is 0 Å². The number of aryl methyl sites for hydroxylation is 1. The maximum Gasteiger partial charge on any atom is 0.328 e. The second-order valence-corrected chi connectivity index (χ2v) is 15.0. The van der Waals surface area contributed by atoms with Gasteiger partial charge in [0.25, 0.3) is 5.91 Å². The van der Waals surface area contributed by atoms with Gasteiger partial charge in [-0.1, -0.05) is 36.4 Å².